The molecule has 1 aliphatic rings. The number of likely N-dealkylation sites (N-methyl/N-ethyl adjacent to an activating group) is 1. The number of rotatable bonds is 5. The molecule has 0 aliphatic carbocycles. The number of halogens is 1. The van der Waals surface area contributed by atoms with Crippen LogP contribution >= 0.6 is 11.6 Å². The predicted octanol–water partition coefficient (Wildman–Crippen LogP) is 2.63. The van der Waals surface area contributed by atoms with E-state index < -0.39 is 0 Å². The van der Waals surface area contributed by atoms with E-state index in [2.05, 4.69) is 41.2 Å². The molecule has 0 radical (unpaired) electrons. The molecule has 0 saturated carbocycles. The Balaban J connectivity index is 1.93. The topological polar surface area (TPSA) is 18.5 Å². The van der Waals surface area contributed by atoms with E-state index in [9.17, 15) is 0 Å². The summed E-state index contributed by atoms with van der Waals surface area (Å²) in [5.41, 5.74) is 1.21. The van der Waals surface area contributed by atoms with Crippen LogP contribution in [0.2, 0.25) is 5.02 Å². The van der Waals surface area contributed by atoms with Crippen LogP contribution in [0.1, 0.15) is 24.9 Å². The molecule has 1 aromatic rings. The van der Waals surface area contributed by atoms with Crippen molar-refractivity contribution in [3.05, 3.63) is 34.9 Å². The first-order valence-corrected chi connectivity index (χ1v) is 7.84. The maximum absolute atomic E-state index is 6.31. The van der Waals surface area contributed by atoms with Gasteiger partial charge in [0.1, 0.15) is 0 Å². The molecule has 2 unspecified atom stereocenters. The van der Waals surface area contributed by atoms with Crippen LogP contribution < -0.4 is 5.32 Å². The SMILES string of the molecule is CNC(CCN1CCN(C)CC1C)c1ccccc1Cl. The Morgan fingerprint density at radius 3 is 2.75 bits per heavy atom. The molecule has 0 amide bonds. The molecule has 1 heterocycles. The van der Waals surface area contributed by atoms with E-state index in [0.29, 0.717) is 12.1 Å². The summed E-state index contributed by atoms with van der Waals surface area (Å²) in [6.07, 6.45) is 1.09. The Kier molecular flexibility index (Phi) is 5.85. The fourth-order valence-corrected chi connectivity index (χ4v) is 3.28. The van der Waals surface area contributed by atoms with E-state index in [0.717, 1.165) is 31.1 Å². The number of piperazine rings is 1. The zero-order chi connectivity index (χ0) is 14.5. The zero-order valence-corrected chi connectivity index (χ0v) is 13.5. The van der Waals surface area contributed by atoms with Crippen molar-refractivity contribution < 1.29 is 0 Å². The highest BCUT2D eigenvalue weighted by atomic mass is 35.5. The molecule has 1 N–H and O–H groups in total. The number of hydrogen-bond acceptors (Lipinski definition) is 3. The number of hydrogen-bond donors (Lipinski definition) is 1. The lowest BCUT2D eigenvalue weighted by Gasteiger charge is -2.38. The van der Waals surface area contributed by atoms with Gasteiger partial charge in [-0.15, -0.1) is 0 Å². The summed E-state index contributed by atoms with van der Waals surface area (Å²) in [5.74, 6) is 0. The third-order valence-corrected chi connectivity index (χ3v) is 4.65. The molecule has 112 valence electrons. The molecule has 2 rings (SSSR count). The molecule has 0 bridgehead atoms. The fourth-order valence-electron chi connectivity index (χ4n) is 3.02. The summed E-state index contributed by atoms with van der Waals surface area (Å²) in [6, 6.07) is 9.11. The van der Waals surface area contributed by atoms with Crippen LogP contribution in [0.25, 0.3) is 0 Å². The average molecular weight is 296 g/mol. The smallest absolute Gasteiger partial charge is 0.0453 e. The van der Waals surface area contributed by atoms with Crippen LogP contribution in [0.5, 0.6) is 0 Å². The van der Waals surface area contributed by atoms with Gasteiger partial charge in [0.2, 0.25) is 0 Å². The predicted molar refractivity (Wildman–Crippen MR) is 86.4 cm³/mol. The Labute approximate surface area is 127 Å². The van der Waals surface area contributed by atoms with Gasteiger partial charge in [-0.2, -0.15) is 0 Å². The lowest BCUT2D eigenvalue weighted by molar-refractivity contribution is 0.0963. The van der Waals surface area contributed by atoms with E-state index in [1.807, 2.05) is 19.2 Å². The van der Waals surface area contributed by atoms with Crippen molar-refractivity contribution in [2.45, 2.75) is 25.4 Å². The van der Waals surface area contributed by atoms with Gasteiger partial charge in [-0.3, -0.25) is 4.90 Å². The van der Waals surface area contributed by atoms with E-state index >= 15 is 0 Å². The molecular weight excluding hydrogens is 270 g/mol. The number of nitrogens with one attached hydrogen (secondary N) is 1. The highest BCUT2D eigenvalue weighted by Crippen LogP contribution is 2.25. The van der Waals surface area contributed by atoms with Gasteiger partial charge in [-0.05, 0) is 39.1 Å². The van der Waals surface area contributed by atoms with Crippen LogP contribution in [0.4, 0.5) is 0 Å². The van der Waals surface area contributed by atoms with Gasteiger partial charge in [-0.1, -0.05) is 29.8 Å². The molecule has 20 heavy (non-hydrogen) atoms. The van der Waals surface area contributed by atoms with E-state index in [4.69, 9.17) is 11.6 Å². The molecule has 1 aromatic carbocycles. The third-order valence-electron chi connectivity index (χ3n) is 4.30. The van der Waals surface area contributed by atoms with Gasteiger partial charge in [0, 0.05) is 43.3 Å². The van der Waals surface area contributed by atoms with Crippen LogP contribution in [-0.4, -0.2) is 56.1 Å². The quantitative estimate of drug-likeness (QED) is 0.901. The second-order valence-corrected chi connectivity index (χ2v) is 6.21. The maximum Gasteiger partial charge on any atom is 0.0453 e. The summed E-state index contributed by atoms with van der Waals surface area (Å²) in [7, 11) is 4.22. The molecule has 1 saturated heterocycles. The number of benzene rings is 1. The first kappa shape index (κ1) is 15.8. The second kappa shape index (κ2) is 7.41. The maximum atomic E-state index is 6.31. The van der Waals surface area contributed by atoms with E-state index in [1.165, 1.54) is 12.1 Å². The average Bonchev–Trinajstić information content (AvgIpc) is 2.43. The molecule has 4 heteroatoms. The van der Waals surface area contributed by atoms with Crippen molar-refractivity contribution in [1.82, 2.24) is 15.1 Å². The van der Waals surface area contributed by atoms with Crippen molar-refractivity contribution in [3.63, 3.8) is 0 Å². The second-order valence-electron chi connectivity index (χ2n) is 5.80. The van der Waals surface area contributed by atoms with Crippen molar-refractivity contribution >= 4 is 11.6 Å². The van der Waals surface area contributed by atoms with Gasteiger partial charge in [-0.25, -0.2) is 0 Å². The summed E-state index contributed by atoms with van der Waals surface area (Å²) >= 11 is 6.31. The highest BCUT2D eigenvalue weighted by molar-refractivity contribution is 6.31. The minimum atomic E-state index is 0.329. The van der Waals surface area contributed by atoms with Crippen molar-refractivity contribution in [2.75, 3.05) is 40.3 Å². The van der Waals surface area contributed by atoms with Crippen LogP contribution in [0, 0.1) is 0 Å². The van der Waals surface area contributed by atoms with Crippen molar-refractivity contribution in [3.8, 4) is 0 Å². The Bertz CT molecular complexity index is 424. The van der Waals surface area contributed by atoms with Crippen LogP contribution in [-0.2, 0) is 0 Å². The lowest BCUT2D eigenvalue weighted by Crippen LogP contribution is -2.50. The Morgan fingerprint density at radius 1 is 1.35 bits per heavy atom. The summed E-state index contributed by atoms with van der Waals surface area (Å²) in [4.78, 5) is 4.99. The molecule has 0 spiro atoms. The van der Waals surface area contributed by atoms with Gasteiger partial charge in [0.15, 0.2) is 0 Å². The first-order valence-electron chi connectivity index (χ1n) is 7.46. The van der Waals surface area contributed by atoms with Crippen molar-refractivity contribution in [1.29, 1.82) is 0 Å². The lowest BCUT2D eigenvalue weighted by atomic mass is 10.0. The van der Waals surface area contributed by atoms with Gasteiger partial charge < -0.3 is 10.2 Å². The summed E-state index contributed by atoms with van der Waals surface area (Å²) < 4.78 is 0. The molecule has 2 atom stereocenters. The molecular formula is C16H26ClN3. The Hall–Kier alpha value is -0.610. The van der Waals surface area contributed by atoms with E-state index in [1.54, 1.807) is 0 Å². The third kappa shape index (κ3) is 3.95. The van der Waals surface area contributed by atoms with Gasteiger partial charge >= 0.3 is 0 Å². The van der Waals surface area contributed by atoms with Crippen LogP contribution in [0.15, 0.2) is 24.3 Å². The molecule has 1 aliphatic heterocycles. The van der Waals surface area contributed by atoms with Gasteiger partial charge in [0.25, 0.3) is 0 Å². The minimum Gasteiger partial charge on any atom is -0.313 e. The first-order chi connectivity index (χ1) is 9.61. The molecule has 3 nitrogen and oxygen atoms in total. The molecule has 1 fully saturated rings. The monoisotopic (exact) mass is 295 g/mol. The van der Waals surface area contributed by atoms with Crippen molar-refractivity contribution in [2.24, 2.45) is 0 Å². The highest BCUT2D eigenvalue weighted by Gasteiger charge is 2.22. The number of nitrogens with zero attached hydrogens (tertiary/aromatic N) is 2. The Morgan fingerprint density at radius 2 is 2.10 bits per heavy atom. The van der Waals surface area contributed by atoms with Gasteiger partial charge in [0.05, 0.1) is 0 Å². The van der Waals surface area contributed by atoms with E-state index in [-0.39, 0.29) is 0 Å². The van der Waals surface area contributed by atoms with Crippen LogP contribution in [0.3, 0.4) is 0 Å². The fraction of sp³-hybridized carbons (Fsp3) is 0.625. The standard InChI is InChI=1S/C16H26ClN3/c1-13-12-19(3)10-11-20(13)9-8-16(18-2)14-6-4-5-7-15(14)17/h4-7,13,16,18H,8-12H2,1-3H3. The largest absolute Gasteiger partial charge is 0.313 e. The zero-order valence-electron chi connectivity index (χ0n) is 12.8. The summed E-state index contributed by atoms with van der Waals surface area (Å²) in [6.45, 7) is 6.93. The summed E-state index contributed by atoms with van der Waals surface area (Å²) in [5, 5.41) is 4.26. The minimum absolute atomic E-state index is 0.329. The molecule has 0 aromatic heterocycles. The normalized spacial score (nSPS) is 22.9.